The summed E-state index contributed by atoms with van der Waals surface area (Å²) in [6, 6.07) is 57.4. The molecule has 0 radical (unpaired) electrons. The van der Waals surface area contributed by atoms with E-state index in [1.165, 1.54) is 65.4 Å². The van der Waals surface area contributed by atoms with Crippen molar-refractivity contribution in [1.29, 1.82) is 0 Å². The van der Waals surface area contributed by atoms with Crippen LogP contribution in [0.3, 0.4) is 0 Å². The van der Waals surface area contributed by atoms with E-state index in [9.17, 15) is 0 Å². The Balaban J connectivity index is 1.03. The van der Waals surface area contributed by atoms with Gasteiger partial charge in [-0.15, -0.1) is 0 Å². The van der Waals surface area contributed by atoms with Crippen LogP contribution in [0.1, 0.15) is 19.3 Å². The number of pyridine rings is 1. The molecule has 0 amide bonds. The molecule has 0 fully saturated rings. The van der Waals surface area contributed by atoms with Gasteiger partial charge in [-0.25, -0.2) is 0 Å². The molecular formula is C56H41N3. The first-order chi connectivity index (χ1) is 29.2. The molecule has 2 aromatic heterocycles. The van der Waals surface area contributed by atoms with Gasteiger partial charge in [-0.1, -0.05) is 140 Å². The van der Waals surface area contributed by atoms with Gasteiger partial charge >= 0.3 is 0 Å². The van der Waals surface area contributed by atoms with Gasteiger partial charge in [0, 0.05) is 56.9 Å². The first-order valence-corrected chi connectivity index (χ1v) is 20.5. The molecule has 3 nitrogen and oxygen atoms in total. The Labute approximate surface area is 344 Å². The Hall–Kier alpha value is -7.49. The molecule has 0 aliphatic heterocycles. The van der Waals surface area contributed by atoms with Gasteiger partial charge in [0.1, 0.15) is 0 Å². The molecule has 0 bridgehead atoms. The third kappa shape index (κ3) is 6.02. The fourth-order valence-electron chi connectivity index (χ4n) is 9.28. The normalized spacial score (nSPS) is 13.6. The number of aromatic nitrogens is 2. The maximum Gasteiger partial charge on any atom is 0.0540 e. The monoisotopic (exact) mass is 755 g/mol. The predicted molar refractivity (Wildman–Crippen MR) is 249 cm³/mol. The minimum atomic E-state index is 0.861. The van der Waals surface area contributed by atoms with E-state index in [0.717, 1.165) is 58.6 Å². The van der Waals surface area contributed by atoms with Gasteiger partial charge in [-0.05, 0) is 124 Å². The van der Waals surface area contributed by atoms with E-state index in [1.807, 2.05) is 12.4 Å². The van der Waals surface area contributed by atoms with Gasteiger partial charge in [0.25, 0.3) is 0 Å². The van der Waals surface area contributed by atoms with Gasteiger partial charge in [0.15, 0.2) is 0 Å². The molecular weight excluding hydrogens is 715 g/mol. The second-order valence-corrected chi connectivity index (χ2v) is 15.5. The van der Waals surface area contributed by atoms with Crippen molar-refractivity contribution < 1.29 is 0 Å². The number of anilines is 2. The smallest absolute Gasteiger partial charge is 0.0540 e. The van der Waals surface area contributed by atoms with Crippen LogP contribution < -0.4 is 15.5 Å². The van der Waals surface area contributed by atoms with Crippen LogP contribution in [0.25, 0.3) is 83.7 Å². The Kier molecular flexibility index (Phi) is 8.52. The molecule has 2 aliphatic carbocycles. The van der Waals surface area contributed by atoms with Crippen molar-refractivity contribution in [1.82, 2.24) is 9.55 Å². The van der Waals surface area contributed by atoms with Crippen LogP contribution in [0.2, 0.25) is 0 Å². The predicted octanol–water partition coefficient (Wildman–Crippen LogP) is 13.2. The van der Waals surface area contributed by atoms with Gasteiger partial charge in [-0.2, -0.15) is 0 Å². The Morgan fingerprint density at radius 1 is 0.525 bits per heavy atom. The van der Waals surface area contributed by atoms with Crippen LogP contribution >= 0.6 is 0 Å². The fourth-order valence-corrected chi connectivity index (χ4v) is 9.28. The summed E-state index contributed by atoms with van der Waals surface area (Å²) in [5.41, 5.74) is 13.9. The van der Waals surface area contributed by atoms with E-state index < -0.39 is 0 Å². The summed E-state index contributed by atoms with van der Waals surface area (Å²) in [6.45, 7) is 4.25. The number of hydrogen-bond acceptors (Lipinski definition) is 2. The maximum atomic E-state index is 4.87. The molecule has 9 aromatic rings. The number of rotatable bonds is 7. The Bertz CT molecular complexity index is 3250. The lowest BCUT2D eigenvalue weighted by Gasteiger charge is -2.28. The molecule has 0 atom stereocenters. The minimum Gasteiger partial charge on any atom is -0.311 e. The molecule has 0 unspecified atom stereocenters. The average molecular weight is 756 g/mol. The molecule has 2 heterocycles. The second kappa shape index (κ2) is 14.5. The first-order valence-electron chi connectivity index (χ1n) is 20.5. The summed E-state index contributed by atoms with van der Waals surface area (Å²) in [5, 5.41) is 8.59. The summed E-state index contributed by atoms with van der Waals surface area (Å²) < 4.78 is 2.38. The van der Waals surface area contributed by atoms with Gasteiger partial charge in [0.2, 0.25) is 0 Å². The van der Waals surface area contributed by atoms with E-state index in [-0.39, 0.29) is 0 Å². The summed E-state index contributed by atoms with van der Waals surface area (Å²) in [4.78, 5) is 7.25. The second-order valence-electron chi connectivity index (χ2n) is 15.5. The van der Waals surface area contributed by atoms with Crippen molar-refractivity contribution in [3.63, 3.8) is 0 Å². The van der Waals surface area contributed by atoms with Crippen molar-refractivity contribution in [2.45, 2.75) is 19.3 Å². The Morgan fingerprint density at radius 3 is 1.88 bits per heavy atom. The average Bonchev–Trinajstić information content (AvgIpc) is 3.62. The topological polar surface area (TPSA) is 21.1 Å². The van der Waals surface area contributed by atoms with Crippen molar-refractivity contribution in [2.24, 2.45) is 0 Å². The van der Waals surface area contributed by atoms with Crippen LogP contribution in [-0.4, -0.2) is 9.55 Å². The molecule has 0 saturated heterocycles. The van der Waals surface area contributed by atoms with Crippen LogP contribution in [0.5, 0.6) is 0 Å². The fraction of sp³-hybridized carbons (Fsp3) is 0.0536. The highest BCUT2D eigenvalue weighted by atomic mass is 15.1. The van der Waals surface area contributed by atoms with E-state index in [1.54, 1.807) is 0 Å². The molecule has 7 aromatic carbocycles. The van der Waals surface area contributed by atoms with Crippen molar-refractivity contribution in [3.8, 4) is 39.1 Å². The van der Waals surface area contributed by atoms with Gasteiger partial charge < -0.3 is 9.47 Å². The summed E-state index contributed by atoms with van der Waals surface area (Å²) in [6.07, 6.45) is 18.4. The quantitative estimate of drug-likeness (QED) is 0.151. The zero-order valence-electron chi connectivity index (χ0n) is 32.7. The molecule has 0 N–H and O–H groups in total. The molecule has 59 heavy (non-hydrogen) atoms. The summed E-state index contributed by atoms with van der Waals surface area (Å²) in [5.74, 6) is 0. The van der Waals surface area contributed by atoms with Crippen LogP contribution in [0.4, 0.5) is 11.4 Å². The van der Waals surface area contributed by atoms with E-state index in [0.29, 0.717) is 0 Å². The van der Waals surface area contributed by atoms with Crippen LogP contribution in [-0.2, 0) is 0 Å². The SMILES string of the molecule is C=C1C=c2c(n(-c3ccc(-c4cncc(-c5c6ccccc6c(-c6cccc(N(C7=CCCC=C7)c7ccccc7)c6)c6ccccc56)c4)cc3)c3ccccc23)=CC1. The highest BCUT2D eigenvalue weighted by Crippen LogP contribution is 2.45. The number of para-hydroxylation sites is 2. The molecule has 2 aliphatic rings. The largest absolute Gasteiger partial charge is 0.311 e. The highest BCUT2D eigenvalue weighted by molar-refractivity contribution is 6.21. The lowest BCUT2D eigenvalue weighted by molar-refractivity contribution is 0.997. The number of fused-ring (bicyclic) bond motifs is 5. The van der Waals surface area contributed by atoms with Crippen molar-refractivity contribution >= 4 is 56.0 Å². The zero-order chi connectivity index (χ0) is 39.3. The molecule has 3 heteroatoms. The molecule has 0 spiro atoms. The van der Waals surface area contributed by atoms with Crippen molar-refractivity contribution in [2.75, 3.05) is 4.90 Å². The van der Waals surface area contributed by atoms with Gasteiger partial charge in [0.05, 0.1) is 10.9 Å². The third-order valence-corrected chi connectivity index (χ3v) is 11.9. The number of benzene rings is 7. The van der Waals surface area contributed by atoms with Crippen molar-refractivity contribution in [3.05, 3.63) is 217 Å². The maximum absolute atomic E-state index is 4.87. The number of hydrogen-bond donors (Lipinski definition) is 0. The minimum absolute atomic E-state index is 0.861. The van der Waals surface area contributed by atoms with Gasteiger partial charge in [-0.3, -0.25) is 4.98 Å². The summed E-state index contributed by atoms with van der Waals surface area (Å²) >= 11 is 0. The number of allylic oxidation sites excluding steroid dienone is 4. The zero-order valence-corrected chi connectivity index (χ0v) is 32.7. The lowest BCUT2D eigenvalue weighted by atomic mass is 9.86. The third-order valence-electron chi connectivity index (χ3n) is 11.9. The lowest BCUT2D eigenvalue weighted by Crippen LogP contribution is -2.30. The van der Waals surface area contributed by atoms with E-state index in [4.69, 9.17) is 4.98 Å². The van der Waals surface area contributed by atoms with Crippen LogP contribution in [0, 0.1) is 0 Å². The summed E-state index contributed by atoms with van der Waals surface area (Å²) in [7, 11) is 0. The first kappa shape index (κ1) is 34.7. The van der Waals surface area contributed by atoms with Crippen LogP contribution in [0.15, 0.2) is 206 Å². The molecule has 280 valence electrons. The standard InChI is InChI=1S/C56H41N3/c1-38-27-32-54-52(33-38)47-21-12-13-26-53(47)59(54)45-30-28-39(29-31-45)41-34-42(37-57-36-41)56-50-24-10-8-22-48(50)55(49-23-9-11-25-51(49)56)40-15-14-20-46(35-40)58(43-16-4-2-5-17-43)44-18-6-3-7-19-44/h2,4-6,8-26,28-37H,1,3,7,27H2. The molecule has 0 saturated carbocycles. The molecule has 11 rings (SSSR count). The Morgan fingerprint density at radius 2 is 1.17 bits per heavy atom. The van der Waals surface area contributed by atoms with E-state index in [2.05, 4.69) is 204 Å². The van der Waals surface area contributed by atoms with E-state index >= 15 is 0 Å². The number of nitrogens with zero attached hydrogens (tertiary/aromatic N) is 3. The highest BCUT2D eigenvalue weighted by Gasteiger charge is 2.20.